The zero-order valence-corrected chi connectivity index (χ0v) is 13.1. The van der Waals surface area contributed by atoms with Gasteiger partial charge in [-0.2, -0.15) is 0 Å². The van der Waals surface area contributed by atoms with Gasteiger partial charge < -0.3 is 5.32 Å². The van der Waals surface area contributed by atoms with Crippen molar-refractivity contribution in [3.8, 4) is 11.1 Å². The third-order valence-electron chi connectivity index (χ3n) is 3.69. The molecule has 0 aliphatic heterocycles. The second-order valence-electron chi connectivity index (χ2n) is 5.56. The van der Waals surface area contributed by atoms with Gasteiger partial charge >= 0.3 is 0 Å². The summed E-state index contributed by atoms with van der Waals surface area (Å²) in [6.45, 7) is 8.19. The topological polar surface area (TPSA) is 42.0 Å². The third-order valence-corrected chi connectivity index (χ3v) is 3.69. The van der Waals surface area contributed by atoms with E-state index >= 15 is 0 Å². The van der Waals surface area contributed by atoms with Gasteiger partial charge in [0.05, 0.1) is 5.56 Å². The van der Waals surface area contributed by atoms with Crippen LogP contribution in [-0.4, -0.2) is 16.9 Å². The van der Waals surface area contributed by atoms with Crippen LogP contribution in [-0.2, 0) is 0 Å². The van der Waals surface area contributed by atoms with Gasteiger partial charge in [-0.1, -0.05) is 30.7 Å². The second kappa shape index (κ2) is 6.53. The predicted molar refractivity (Wildman–Crippen MR) is 86.4 cm³/mol. The maximum Gasteiger partial charge on any atom is 0.253 e. The van der Waals surface area contributed by atoms with Gasteiger partial charge in [0.15, 0.2) is 0 Å². The molecule has 21 heavy (non-hydrogen) atoms. The maximum atomic E-state index is 12.2. The standard InChI is InChI=1S/C18H22N2O/c1-5-14(4)20-18(21)16-9-15(10-19-11-16)17-8-12(2)6-7-13(17)3/h6-11,14H,5H2,1-4H3,(H,20,21)/t14-/m1/s1. The highest BCUT2D eigenvalue weighted by Crippen LogP contribution is 2.24. The van der Waals surface area contributed by atoms with Crippen molar-refractivity contribution in [2.45, 2.75) is 40.2 Å². The summed E-state index contributed by atoms with van der Waals surface area (Å²) in [5, 5.41) is 2.97. The highest BCUT2D eigenvalue weighted by Gasteiger charge is 2.11. The summed E-state index contributed by atoms with van der Waals surface area (Å²) in [5.74, 6) is -0.0657. The lowest BCUT2D eigenvalue weighted by molar-refractivity contribution is 0.0939. The summed E-state index contributed by atoms with van der Waals surface area (Å²) in [4.78, 5) is 16.4. The van der Waals surface area contributed by atoms with Gasteiger partial charge in [0, 0.05) is 24.0 Å². The molecule has 1 heterocycles. The number of aryl methyl sites for hydroxylation is 2. The van der Waals surface area contributed by atoms with Gasteiger partial charge in [0.2, 0.25) is 0 Å². The van der Waals surface area contributed by atoms with Crippen LogP contribution in [0.1, 0.15) is 41.8 Å². The van der Waals surface area contributed by atoms with Crippen molar-refractivity contribution in [2.24, 2.45) is 0 Å². The molecule has 1 amide bonds. The van der Waals surface area contributed by atoms with Gasteiger partial charge in [-0.3, -0.25) is 9.78 Å². The number of nitrogens with one attached hydrogen (secondary N) is 1. The molecule has 0 aliphatic rings. The van der Waals surface area contributed by atoms with Crippen LogP contribution in [0.3, 0.4) is 0 Å². The summed E-state index contributed by atoms with van der Waals surface area (Å²) < 4.78 is 0. The highest BCUT2D eigenvalue weighted by atomic mass is 16.1. The molecule has 0 saturated carbocycles. The Bertz CT molecular complexity index is 649. The Morgan fingerprint density at radius 1 is 1.24 bits per heavy atom. The first kappa shape index (κ1) is 15.2. The predicted octanol–water partition coefficient (Wildman–Crippen LogP) is 3.89. The van der Waals surface area contributed by atoms with E-state index in [9.17, 15) is 4.79 Å². The van der Waals surface area contributed by atoms with Crippen LogP contribution in [0.4, 0.5) is 0 Å². The molecule has 0 unspecified atom stereocenters. The van der Waals surface area contributed by atoms with E-state index in [-0.39, 0.29) is 11.9 Å². The Balaban J connectivity index is 2.33. The molecule has 0 bridgehead atoms. The van der Waals surface area contributed by atoms with Gasteiger partial charge in [-0.15, -0.1) is 0 Å². The SMILES string of the molecule is CC[C@@H](C)NC(=O)c1cncc(-c2cc(C)ccc2C)c1. The molecule has 0 saturated heterocycles. The smallest absolute Gasteiger partial charge is 0.253 e. The number of carbonyl (C=O) groups excluding carboxylic acids is 1. The minimum Gasteiger partial charge on any atom is -0.350 e. The summed E-state index contributed by atoms with van der Waals surface area (Å²) in [5.41, 5.74) is 5.09. The summed E-state index contributed by atoms with van der Waals surface area (Å²) in [6, 6.07) is 8.39. The van der Waals surface area contributed by atoms with Crippen molar-refractivity contribution in [1.82, 2.24) is 10.3 Å². The maximum absolute atomic E-state index is 12.2. The zero-order valence-electron chi connectivity index (χ0n) is 13.1. The zero-order chi connectivity index (χ0) is 15.4. The van der Waals surface area contributed by atoms with Crippen LogP contribution in [0.15, 0.2) is 36.7 Å². The van der Waals surface area contributed by atoms with Crippen LogP contribution in [0.2, 0.25) is 0 Å². The number of carbonyl (C=O) groups is 1. The molecule has 2 aromatic rings. The molecule has 0 spiro atoms. The summed E-state index contributed by atoms with van der Waals surface area (Å²) >= 11 is 0. The number of benzene rings is 1. The van der Waals surface area contributed by atoms with E-state index in [1.807, 2.05) is 19.2 Å². The average molecular weight is 282 g/mol. The molecule has 0 radical (unpaired) electrons. The van der Waals surface area contributed by atoms with E-state index in [1.165, 1.54) is 11.1 Å². The molecule has 1 aromatic carbocycles. The van der Waals surface area contributed by atoms with E-state index in [2.05, 4.69) is 49.3 Å². The number of aromatic nitrogens is 1. The normalized spacial score (nSPS) is 12.0. The van der Waals surface area contributed by atoms with E-state index in [0.717, 1.165) is 17.5 Å². The van der Waals surface area contributed by atoms with E-state index in [4.69, 9.17) is 0 Å². The lowest BCUT2D eigenvalue weighted by Crippen LogP contribution is -2.31. The van der Waals surface area contributed by atoms with Crippen molar-refractivity contribution < 1.29 is 4.79 Å². The molecule has 0 fully saturated rings. The van der Waals surface area contributed by atoms with E-state index < -0.39 is 0 Å². The number of pyridine rings is 1. The largest absolute Gasteiger partial charge is 0.350 e. The molecule has 1 aromatic heterocycles. The van der Waals surface area contributed by atoms with Crippen LogP contribution in [0, 0.1) is 13.8 Å². The lowest BCUT2D eigenvalue weighted by Gasteiger charge is -2.12. The van der Waals surface area contributed by atoms with Crippen LogP contribution < -0.4 is 5.32 Å². The fourth-order valence-corrected chi connectivity index (χ4v) is 2.17. The van der Waals surface area contributed by atoms with Gasteiger partial charge in [-0.25, -0.2) is 0 Å². The van der Waals surface area contributed by atoms with Crippen LogP contribution >= 0.6 is 0 Å². The van der Waals surface area contributed by atoms with Crippen molar-refractivity contribution in [3.05, 3.63) is 53.3 Å². The van der Waals surface area contributed by atoms with E-state index in [1.54, 1.807) is 6.20 Å². The van der Waals surface area contributed by atoms with Crippen LogP contribution in [0.5, 0.6) is 0 Å². The van der Waals surface area contributed by atoms with E-state index in [0.29, 0.717) is 5.56 Å². The van der Waals surface area contributed by atoms with Gasteiger partial charge in [-0.05, 0) is 44.4 Å². The quantitative estimate of drug-likeness (QED) is 0.924. The summed E-state index contributed by atoms with van der Waals surface area (Å²) in [6.07, 6.45) is 4.34. The fraction of sp³-hybridized carbons (Fsp3) is 0.333. The molecule has 3 heteroatoms. The minimum absolute atomic E-state index is 0.0657. The Morgan fingerprint density at radius 2 is 2.00 bits per heavy atom. The van der Waals surface area contributed by atoms with Crippen molar-refractivity contribution in [2.75, 3.05) is 0 Å². The molecular formula is C18H22N2O. The summed E-state index contributed by atoms with van der Waals surface area (Å²) in [7, 11) is 0. The lowest BCUT2D eigenvalue weighted by atomic mass is 9.99. The Kier molecular flexibility index (Phi) is 4.73. The first-order chi connectivity index (χ1) is 10.0. The fourth-order valence-electron chi connectivity index (χ4n) is 2.17. The second-order valence-corrected chi connectivity index (χ2v) is 5.56. The first-order valence-electron chi connectivity index (χ1n) is 7.34. The average Bonchev–Trinajstić information content (AvgIpc) is 2.49. The molecular weight excluding hydrogens is 260 g/mol. The van der Waals surface area contributed by atoms with Crippen molar-refractivity contribution in [1.29, 1.82) is 0 Å². The Morgan fingerprint density at radius 3 is 2.71 bits per heavy atom. The van der Waals surface area contributed by atoms with Gasteiger partial charge in [0.1, 0.15) is 0 Å². The molecule has 1 N–H and O–H groups in total. The number of amides is 1. The highest BCUT2D eigenvalue weighted by molar-refractivity contribution is 5.95. The monoisotopic (exact) mass is 282 g/mol. The third kappa shape index (κ3) is 3.69. The van der Waals surface area contributed by atoms with Crippen molar-refractivity contribution in [3.63, 3.8) is 0 Å². The number of nitrogens with zero attached hydrogens (tertiary/aromatic N) is 1. The van der Waals surface area contributed by atoms with Gasteiger partial charge in [0.25, 0.3) is 5.91 Å². The first-order valence-corrected chi connectivity index (χ1v) is 7.34. The molecule has 2 rings (SSSR count). The number of hydrogen-bond donors (Lipinski definition) is 1. The molecule has 1 atom stereocenters. The van der Waals surface area contributed by atoms with Crippen molar-refractivity contribution >= 4 is 5.91 Å². The van der Waals surface area contributed by atoms with Crippen LogP contribution in [0.25, 0.3) is 11.1 Å². The number of rotatable bonds is 4. The molecule has 110 valence electrons. The Hall–Kier alpha value is -2.16. The molecule has 3 nitrogen and oxygen atoms in total. The molecule has 0 aliphatic carbocycles. The number of hydrogen-bond acceptors (Lipinski definition) is 2. The minimum atomic E-state index is -0.0657. The Labute approximate surface area is 126 Å².